The molecule has 0 bridgehead atoms. The minimum Gasteiger partial charge on any atom is -0.455 e. The standard InChI is InChI=1S/C22H25N3O4S/c1-30-19-9-5-8-18(14-19)23-20(26)15-29-21(27)16-10-12-25(13-11-16)22(28)24-17-6-3-2-4-7-17/h2-9,14,16H,10-13,15H2,1H3,(H,23,26)(H,24,28). The Morgan fingerprint density at radius 3 is 2.40 bits per heavy atom. The number of thioether (sulfide) groups is 1. The summed E-state index contributed by atoms with van der Waals surface area (Å²) < 4.78 is 5.19. The van der Waals surface area contributed by atoms with E-state index < -0.39 is 5.97 Å². The van der Waals surface area contributed by atoms with Crippen molar-refractivity contribution in [3.63, 3.8) is 0 Å². The second-order valence-corrected chi connectivity index (χ2v) is 7.82. The van der Waals surface area contributed by atoms with Crippen LogP contribution < -0.4 is 10.6 Å². The molecule has 1 aliphatic heterocycles. The minimum absolute atomic E-state index is 0.181. The molecule has 0 aliphatic carbocycles. The van der Waals surface area contributed by atoms with E-state index in [1.807, 2.05) is 54.8 Å². The van der Waals surface area contributed by atoms with E-state index in [1.54, 1.807) is 22.7 Å². The van der Waals surface area contributed by atoms with Gasteiger partial charge in [-0.3, -0.25) is 9.59 Å². The topological polar surface area (TPSA) is 87.7 Å². The maximum Gasteiger partial charge on any atom is 0.321 e. The van der Waals surface area contributed by atoms with Gasteiger partial charge in [-0.15, -0.1) is 11.8 Å². The number of piperidine rings is 1. The summed E-state index contributed by atoms with van der Waals surface area (Å²) in [5, 5.41) is 5.57. The predicted molar refractivity (Wildman–Crippen MR) is 118 cm³/mol. The van der Waals surface area contributed by atoms with Crippen molar-refractivity contribution in [3.8, 4) is 0 Å². The van der Waals surface area contributed by atoms with Crippen molar-refractivity contribution >= 4 is 41.0 Å². The van der Waals surface area contributed by atoms with E-state index in [9.17, 15) is 14.4 Å². The lowest BCUT2D eigenvalue weighted by Crippen LogP contribution is -2.43. The molecular formula is C22H25N3O4S. The molecule has 0 saturated carbocycles. The molecule has 1 saturated heterocycles. The molecular weight excluding hydrogens is 402 g/mol. The van der Waals surface area contributed by atoms with Crippen molar-refractivity contribution in [2.75, 3.05) is 36.6 Å². The molecule has 30 heavy (non-hydrogen) atoms. The highest BCUT2D eigenvalue weighted by molar-refractivity contribution is 7.98. The first kappa shape index (κ1) is 21.7. The van der Waals surface area contributed by atoms with Gasteiger partial charge in [0.2, 0.25) is 0 Å². The van der Waals surface area contributed by atoms with Gasteiger partial charge in [0.1, 0.15) is 0 Å². The van der Waals surface area contributed by atoms with E-state index in [0.717, 1.165) is 10.6 Å². The van der Waals surface area contributed by atoms with Crippen LogP contribution in [0.15, 0.2) is 59.5 Å². The number of benzene rings is 2. The number of carbonyl (C=O) groups excluding carboxylic acids is 3. The number of hydrogen-bond acceptors (Lipinski definition) is 5. The van der Waals surface area contributed by atoms with Gasteiger partial charge in [-0.2, -0.15) is 0 Å². The molecule has 1 heterocycles. The second kappa shape index (κ2) is 10.7. The van der Waals surface area contributed by atoms with Crippen molar-refractivity contribution in [1.29, 1.82) is 0 Å². The fourth-order valence-electron chi connectivity index (χ4n) is 3.19. The molecule has 7 nitrogen and oxygen atoms in total. The predicted octanol–water partition coefficient (Wildman–Crippen LogP) is 3.83. The number of likely N-dealkylation sites (tertiary alicyclic amines) is 1. The number of esters is 1. The molecule has 0 aromatic heterocycles. The molecule has 2 N–H and O–H groups in total. The summed E-state index contributed by atoms with van der Waals surface area (Å²) in [4.78, 5) is 39.4. The number of amides is 3. The number of urea groups is 1. The lowest BCUT2D eigenvalue weighted by atomic mass is 9.97. The fourth-order valence-corrected chi connectivity index (χ4v) is 3.65. The number of nitrogens with zero attached hydrogens (tertiary/aromatic N) is 1. The van der Waals surface area contributed by atoms with E-state index in [1.165, 1.54) is 0 Å². The molecule has 3 amide bonds. The highest BCUT2D eigenvalue weighted by Crippen LogP contribution is 2.21. The first-order valence-corrected chi connectivity index (χ1v) is 11.0. The molecule has 0 atom stereocenters. The van der Waals surface area contributed by atoms with Gasteiger partial charge in [0.15, 0.2) is 6.61 Å². The molecule has 8 heteroatoms. The number of ether oxygens (including phenoxy) is 1. The van der Waals surface area contributed by atoms with Crippen LogP contribution in [-0.2, 0) is 14.3 Å². The van der Waals surface area contributed by atoms with Gasteiger partial charge >= 0.3 is 12.0 Å². The van der Waals surface area contributed by atoms with Gasteiger partial charge in [-0.25, -0.2) is 4.79 Å². The Morgan fingerprint density at radius 1 is 1.00 bits per heavy atom. The molecule has 1 fully saturated rings. The molecule has 0 radical (unpaired) electrons. The van der Waals surface area contributed by atoms with Crippen molar-refractivity contribution in [2.24, 2.45) is 5.92 Å². The zero-order valence-electron chi connectivity index (χ0n) is 16.8. The summed E-state index contributed by atoms with van der Waals surface area (Å²) >= 11 is 1.58. The summed E-state index contributed by atoms with van der Waals surface area (Å²) in [5.74, 6) is -1.08. The number of hydrogen-bond donors (Lipinski definition) is 2. The number of para-hydroxylation sites is 1. The summed E-state index contributed by atoms with van der Waals surface area (Å²) in [6, 6.07) is 16.5. The Bertz CT molecular complexity index is 883. The van der Waals surface area contributed by atoms with Crippen LogP contribution in [0.2, 0.25) is 0 Å². The summed E-state index contributed by atoms with van der Waals surface area (Å²) in [6.45, 7) is 0.606. The average molecular weight is 428 g/mol. The van der Waals surface area contributed by atoms with Crippen LogP contribution in [0.5, 0.6) is 0 Å². The quantitative estimate of drug-likeness (QED) is 0.540. The number of rotatable bonds is 6. The van der Waals surface area contributed by atoms with Crippen LogP contribution in [0, 0.1) is 5.92 Å². The van der Waals surface area contributed by atoms with Crippen LogP contribution >= 0.6 is 11.8 Å². The van der Waals surface area contributed by atoms with Gasteiger partial charge in [0, 0.05) is 29.4 Å². The Hall–Kier alpha value is -3.00. The van der Waals surface area contributed by atoms with Crippen molar-refractivity contribution in [2.45, 2.75) is 17.7 Å². The first-order valence-electron chi connectivity index (χ1n) is 9.76. The third-order valence-corrected chi connectivity index (χ3v) is 5.56. The Labute approximate surface area is 180 Å². The monoisotopic (exact) mass is 427 g/mol. The highest BCUT2D eigenvalue weighted by atomic mass is 32.2. The maximum atomic E-state index is 12.3. The third-order valence-electron chi connectivity index (χ3n) is 4.84. The van der Waals surface area contributed by atoms with Crippen molar-refractivity contribution < 1.29 is 19.1 Å². The summed E-state index contributed by atoms with van der Waals surface area (Å²) in [5.41, 5.74) is 1.40. The summed E-state index contributed by atoms with van der Waals surface area (Å²) in [7, 11) is 0. The molecule has 158 valence electrons. The van der Waals surface area contributed by atoms with Crippen LogP contribution in [-0.4, -0.2) is 48.8 Å². The zero-order chi connectivity index (χ0) is 21.3. The Morgan fingerprint density at radius 2 is 1.70 bits per heavy atom. The van der Waals surface area contributed by atoms with Crippen LogP contribution in [0.4, 0.5) is 16.2 Å². The molecule has 0 unspecified atom stereocenters. The maximum absolute atomic E-state index is 12.3. The SMILES string of the molecule is CSc1cccc(NC(=O)COC(=O)C2CCN(C(=O)Nc3ccccc3)CC2)c1. The number of carbonyl (C=O) groups is 3. The lowest BCUT2D eigenvalue weighted by molar-refractivity contribution is -0.152. The molecule has 2 aromatic rings. The van der Waals surface area contributed by atoms with Gasteiger partial charge < -0.3 is 20.3 Å². The largest absolute Gasteiger partial charge is 0.455 e. The van der Waals surface area contributed by atoms with Crippen molar-refractivity contribution in [3.05, 3.63) is 54.6 Å². The van der Waals surface area contributed by atoms with Crippen LogP contribution in [0.3, 0.4) is 0 Å². The van der Waals surface area contributed by atoms with Crippen LogP contribution in [0.1, 0.15) is 12.8 Å². The molecule has 2 aromatic carbocycles. The van der Waals surface area contributed by atoms with E-state index in [0.29, 0.717) is 31.6 Å². The molecule has 3 rings (SSSR count). The lowest BCUT2D eigenvalue weighted by Gasteiger charge is -2.30. The van der Waals surface area contributed by atoms with E-state index in [2.05, 4.69) is 10.6 Å². The second-order valence-electron chi connectivity index (χ2n) is 6.95. The van der Waals surface area contributed by atoms with E-state index in [-0.39, 0.29) is 24.5 Å². The van der Waals surface area contributed by atoms with Gasteiger partial charge in [0.25, 0.3) is 5.91 Å². The van der Waals surface area contributed by atoms with Crippen LogP contribution in [0.25, 0.3) is 0 Å². The molecule has 1 aliphatic rings. The zero-order valence-corrected chi connectivity index (χ0v) is 17.6. The van der Waals surface area contributed by atoms with Gasteiger partial charge in [-0.1, -0.05) is 24.3 Å². The minimum atomic E-state index is -0.397. The summed E-state index contributed by atoms with van der Waals surface area (Å²) in [6.07, 6.45) is 2.98. The van der Waals surface area contributed by atoms with E-state index >= 15 is 0 Å². The Kier molecular flexibility index (Phi) is 7.73. The van der Waals surface area contributed by atoms with Gasteiger partial charge in [-0.05, 0) is 49.4 Å². The number of anilines is 2. The van der Waals surface area contributed by atoms with Gasteiger partial charge in [0.05, 0.1) is 5.92 Å². The smallest absolute Gasteiger partial charge is 0.321 e. The highest BCUT2D eigenvalue weighted by Gasteiger charge is 2.28. The first-order chi connectivity index (χ1) is 14.5. The average Bonchev–Trinajstić information content (AvgIpc) is 2.78. The van der Waals surface area contributed by atoms with Crippen molar-refractivity contribution in [1.82, 2.24) is 4.90 Å². The third kappa shape index (κ3) is 6.25. The van der Waals surface area contributed by atoms with E-state index in [4.69, 9.17) is 4.74 Å². The molecule has 0 spiro atoms. The Balaban J connectivity index is 1.39. The number of nitrogens with one attached hydrogen (secondary N) is 2. The fraction of sp³-hybridized carbons (Fsp3) is 0.318. The normalized spacial score (nSPS) is 14.1.